The summed E-state index contributed by atoms with van der Waals surface area (Å²) in [5, 5.41) is 8.96. The number of nitrogens with zero attached hydrogens (tertiary/aromatic N) is 3. The predicted octanol–water partition coefficient (Wildman–Crippen LogP) is 0.201. The zero-order chi connectivity index (χ0) is 13.4. The van der Waals surface area contributed by atoms with Gasteiger partial charge in [-0.2, -0.15) is 4.98 Å². The van der Waals surface area contributed by atoms with Crippen molar-refractivity contribution < 1.29 is 5.11 Å². The second kappa shape index (κ2) is 4.51. The minimum atomic E-state index is -0.324. The summed E-state index contributed by atoms with van der Waals surface area (Å²) in [5.41, 5.74) is 6.04. The Morgan fingerprint density at radius 2 is 2.37 bits per heavy atom. The fourth-order valence-electron chi connectivity index (χ4n) is 2.52. The minimum absolute atomic E-state index is 0.0909. The molecule has 0 amide bonds. The molecule has 0 unspecified atom stereocenters. The van der Waals surface area contributed by atoms with Crippen LogP contribution in [0.1, 0.15) is 18.9 Å². The molecule has 3 rings (SSSR count). The van der Waals surface area contributed by atoms with E-state index >= 15 is 0 Å². The van der Waals surface area contributed by atoms with E-state index in [0.29, 0.717) is 17.1 Å². The molecule has 100 valence electrons. The van der Waals surface area contributed by atoms with E-state index < -0.39 is 0 Å². The molecule has 0 bridgehead atoms. The monoisotopic (exact) mass is 261 g/mol. The molecule has 0 radical (unpaired) electrons. The molecule has 0 saturated heterocycles. The van der Waals surface area contributed by atoms with E-state index in [9.17, 15) is 4.79 Å². The first-order valence-electron chi connectivity index (χ1n) is 6.20. The van der Waals surface area contributed by atoms with Gasteiger partial charge in [-0.3, -0.25) is 9.78 Å². The van der Waals surface area contributed by atoms with Crippen molar-refractivity contribution in [3.05, 3.63) is 28.8 Å². The number of rotatable bonds is 3. The summed E-state index contributed by atoms with van der Waals surface area (Å²) in [5.74, 6) is 0.444. The fourth-order valence-corrected chi connectivity index (χ4v) is 2.52. The van der Waals surface area contributed by atoms with E-state index in [2.05, 4.69) is 27.1 Å². The SMILES string of the molecule is Nc1nc2c(ncn2[C@@H]2C=C[C@H](CCO)C2)c(=O)[nH]1. The smallest absolute Gasteiger partial charge is 0.280 e. The van der Waals surface area contributed by atoms with Crippen molar-refractivity contribution in [1.29, 1.82) is 0 Å². The first-order valence-corrected chi connectivity index (χ1v) is 6.20. The van der Waals surface area contributed by atoms with Gasteiger partial charge in [-0.1, -0.05) is 12.2 Å². The highest BCUT2D eigenvalue weighted by Crippen LogP contribution is 2.31. The number of H-pyrrole nitrogens is 1. The lowest BCUT2D eigenvalue weighted by Crippen LogP contribution is -2.13. The highest BCUT2D eigenvalue weighted by Gasteiger charge is 2.22. The van der Waals surface area contributed by atoms with Crippen molar-refractivity contribution in [2.24, 2.45) is 5.92 Å². The Morgan fingerprint density at radius 3 is 3.16 bits per heavy atom. The quantitative estimate of drug-likeness (QED) is 0.684. The Bertz CT molecular complexity index is 687. The van der Waals surface area contributed by atoms with Crippen molar-refractivity contribution in [1.82, 2.24) is 19.5 Å². The average Bonchev–Trinajstić information content (AvgIpc) is 2.95. The Balaban J connectivity index is 1.99. The highest BCUT2D eigenvalue weighted by molar-refractivity contribution is 5.70. The third-order valence-electron chi connectivity index (χ3n) is 3.46. The van der Waals surface area contributed by atoms with Crippen LogP contribution in [0.15, 0.2) is 23.3 Å². The molecule has 0 aliphatic heterocycles. The van der Waals surface area contributed by atoms with E-state index in [1.165, 1.54) is 0 Å². The van der Waals surface area contributed by atoms with Gasteiger partial charge in [0.05, 0.1) is 12.4 Å². The predicted molar refractivity (Wildman–Crippen MR) is 70.5 cm³/mol. The van der Waals surface area contributed by atoms with Crippen LogP contribution in [0.2, 0.25) is 0 Å². The number of aliphatic hydroxyl groups is 1. The van der Waals surface area contributed by atoms with E-state index in [1.807, 2.05) is 4.57 Å². The van der Waals surface area contributed by atoms with Gasteiger partial charge in [0, 0.05) is 6.61 Å². The van der Waals surface area contributed by atoms with Gasteiger partial charge in [0.25, 0.3) is 5.56 Å². The van der Waals surface area contributed by atoms with Crippen molar-refractivity contribution in [3.8, 4) is 0 Å². The lowest BCUT2D eigenvalue weighted by atomic mass is 10.0. The number of imidazole rings is 1. The van der Waals surface area contributed by atoms with Crippen molar-refractivity contribution in [3.63, 3.8) is 0 Å². The molecule has 2 heterocycles. The van der Waals surface area contributed by atoms with Gasteiger partial charge < -0.3 is 15.4 Å². The number of anilines is 1. The second-order valence-corrected chi connectivity index (χ2v) is 4.74. The molecule has 0 spiro atoms. The van der Waals surface area contributed by atoms with E-state index in [1.54, 1.807) is 6.33 Å². The Morgan fingerprint density at radius 1 is 1.53 bits per heavy atom. The highest BCUT2D eigenvalue weighted by atomic mass is 16.3. The number of nitrogen functional groups attached to an aromatic ring is 1. The third kappa shape index (κ3) is 2.01. The van der Waals surface area contributed by atoms with Crippen LogP contribution in [0.3, 0.4) is 0 Å². The number of nitrogens with two attached hydrogens (primary N) is 1. The van der Waals surface area contributed by atoms with Gasteiger partial charge in [0.2, 0.25) is 5.95 Å². The molecular weight excluding hydrogens is 246 g/mol. The first-order chi connectivity index (χ1) is 9.19. The van der Waals surface area contributed by atoms with Crippen molar-refractivity contribution in [2.75, 3.05) is 12.3 Å². The van der Waals surface area contributed by atoms with Crippen LogP contribution < -0.4 is 11.3 Å². The molecule has 2 atom stereocenters. The molecule has 7 heteroatoms. The van der Waals surface area contributed by atoms with Crippen LogP contribution in [0.5, 0.6) is 0 Å². The second-order valence-electron chi connectivity index (χ2n) is 4.74. The minimum Gasteiger partial charge on any atom is -0.396 e. The zero-order valence-corrected chi connectivity index (χ0v) is 10.3. The lowest BCUT2D eigenvalue weighted by Gasteiger charge is -2.13. The van der Waals surface area contributed by atoms with Crippen LogP contribution in [0, 0.1) is 5.92 Å². The number of hydrogen-bond acceptors (Lipinski definition) is 5. The molecule has 0 aromatic carbocycles. The van der Waals surface area contributed by atoms with Gasteiger partial charge in [-0.25, -0.2) is 4.98 Å². The van der Waals surface area contributed by atoms with Gasteiger partial charge >= 0.3 is 0 Å². The number of aromatic nitrogens is 4. The van der Waals surface area contributed by atoms with Crippen LogP contribution >= 0.6 is 0 Å². The molecule has 0 saturated carbocycles. The van der Waals surface area contributed by atoms with Crippen molar-refractivity contribution in [2.45, 2.75) is 18.9 Å². The summed E-state index contributed by atoms with van der Waals surface area (Å²) in [6.07, 6.45) is 7.38. The average molecular weight is 261 g/mol. The van der Waals surface area contributed by atoms with Crippen LogP contribution in [0.4, 0.5) is 5.95 Å². The maximum atomic E-state index is 11.7. The van der Waals surface area contributed by atoms with E-state index in [4.69, 9.17) is 10.8 Å². The maximum absolute atomic E-state index is 11.7. The molecule has 7 nitrogen and oxygen atoms in total. The van der Waals surface area contributed by atoms with Gasteiger partial charge in [-0.15, -0.1) is 0 Å². The summed E-state index contributed by atoms with van der Waals surface area (Å²) in [6.45, 7) is 0.178. The van der Waals surface area contributed by atoms with Crippen LogP contribution in [-0.4, -0.2) is 31.2 Å². The number of aliphatic hydroxyl groups excluding tert-OH is 1. The number of allylic oxidation sites excluding steroid dienone is 2. The van der Waals surface area contributed by atoms with Gasteiger partial charge in [-0.05, 0) is 18.8 Å². The number of fused-ring (bicyclic) bond motifs is 1. The zero-order valence-electron chi connectivity index (χ0n) is 10.3. The normalized spacial score (nSPS) is 22.4. The lowest BCUT2D eigenvalue weighted by molar-refractivity contribution is 0.265. The third-order valence-corrected chi connectivity index (χ3v) is 3.46. The molecular formula is C12H15N5O2. The van der Waals surface area contributed by atoms with Gasteiger partial charge in [0.15, 0.2) is 11.2 Å². The van der Waals surface area contributed by atoms with Gasteiger partial charge in [0.1, 0.15) is 0 Å². The maximum Gasteiger partial charge on any atom is 0.280 e. The van der Waals surface area contributed by atoms with Crippen molar-refractivity contribution >= 4 is 17.1 Å². The Hall–Kier alpha value is -2.15. The number of nitrogens with one attached hydrogen (secondary N) is 1. The summed E-state index contributed by atoms with van der Waals surface area (Å²) in [4.78, 5) is 22.4. The molecule has 4 N–H and O–H groups in total. The summed E-state index contributed by atoms with van der Waals surface area (Å²) < 4.78 is 1.86. The fraction of sp³-hybridized carbons (Fsp3) is 0.417. The first kappa shape index (κ1) is 11.9. The molecule has 1 aliphatic carbocycles. The Kier molecular flexibility index (Phi) is 2.83. The molecule has 1 aliphatic rings. The van der Waals surface area contributed by atoms with Crippen LogP contribution in [-0.2, 0) is 0 Å². The number of aromatic amines is 1. The standard InChI is InChI=1S/C12H15N5O2/c13-12-15-10-9(11(19)16-12)14-6-17(10)8-2-1-7(5-8)3-4-18/h1-2,6-8,18H,3-5H2,(H3,13,15,16,19)/t7-,8-/m1/s1. The van der Waals surface area contributed by atoms with E-state index in [0.717, 1.165) is 12.8 Å². The largest absolute Gasteiger partial charge is 0.396 e. The van der Waals surface area contributed by atoms with E-state index in [-0.39, 0.29) is 24.2 Å². The molecule has 0 fully saturated rings. The number of hydrogen-bond donors (Lipinski definition) is 3. The molecule has 19 heavy (non-hydrogen) atoms. The molecule has 2 aromatic heterocycles. The topological polar surface area (TPSA) is 110 Å². The summed E-state index contributed by atoms with van der Waals surface area (Å²) in [6, 6.07) is 0.107. The summed E-state index contributed by atoms with van der Waals surface area (Å²) in [7, 11) is 0. The van der Waals surface area contributed by atoms with Crippen LogP contribution in [0.25, 0.3) is 11.2 Å². The molecule has 2 aromatic rings. The Labute approximate surface area is 108 Å². The summed E-state index contributed by atoms with van der Waals surface area (Å²) >= 11 is 0.